The molecule has 0 atom stereocenters. The van der Waals surface area contributed by atoms with Crippen molar-refractivity contribution in [1.82, 2.24) is 29.5 Å². The minimum Gasteiger partial charge on any atom is -0.444 e. The van der Waals surface area contributed by atoms with Crippen LogP contribution in [0.3, 0.4) is 0 Å². The summed E-state index contributed by atoms with van der Waals surface area (Å²) >= 11 is 0. The van der Waals surface area contributed by atoms with Crippen molar-refractivity contribution in [2.75, 3.05) is 44.6 Å². The molecule has 11 nitrogen and oxygen atoms in total. The first-order valence-corrected chi connectivity index (χ1v) is 17.9. The number of alkyl halides is 2. The molecule has 53 heavy (non-hydrogen) atoms. The fourth-order valence-electron chi connectivity index (χ4n) is 6.91. The van der Waals surface area contributed by atoms with Crippen molar-refractivity contribution in [3.05, 3.63) is 71.7 Å². The van der Waals surface area contributed by atoms with Gasteiger partial charge in [0.2, 0.25) is 5.82 Å². The van der Waals surface area contributed by atoms with Gasteiger partial charge in [0.15, 0.2) is 23.0 Å². The number of nitrogens with zero attached hydrogens (tertiary/aromatic N) is 5. The standard InChI is InChI=1S/C38H45F4N7O4/c1-5-25-18-26(46-33-34-45-19-29(49(34)17-14-43-33)28-8-9-30(52-36(41)42)32(40)31(28)39)6-7-27(25)35(50)44-13-10-23-11-15-47(16-12-23)20-24-21-48(22-24)37(51)53-38(2,3)4/h6-9,14,17-19,23-24,36H,5,10-13,15-16,20-22H2,1-4H3,(H,43,46)(H,44,50). The van der Waals surface area contributed by atoms with E-state index in [1.54, 1.807) is 17.0 Å². The topological polar surface area (TPSA) is 113 Å². The van der Waals surface area contributed by atoms with Gasteiger partial charge in [0, 0.05) is 61.3 Å². The van der Waals surface area contributed by atoms with Crippen molar-refractivity contribution in [2.45, 2.75) is 65.6 Å². The van der Waals surface area contributed by atoms with Gasteiger partial charge in [0.05, 0.1) is 11.9 Å². The Morgan fingerprint density at radius 3 is 2.47 bits per heavy atom. The Bertz CT molecular complexity index is 1940. The molecule has 2 saturated heterocycles. The van der Waals surface area contributed by atoms with Crippen molar-refractivity contribution < 1.29 is 36.6 Å². The highest BCUT2D eigenvalue weighted by molar-refractivity contribution is 5.96. The van der Waals surface area contributed by atoms with Gasteiger partial charge in [0.1, 0.15) is 5.60 Å². The summed E-state index contributed by atoms with van der Waals surface area (Å²) < 4.78 is 65.6. The molecule has 2 aromatic carbocycles. The molecule has 0 unspecified atom stereocenters. The Labute approximate surface area is 305 Å². The maximum absolute atomic E-state index is 14.9. The van der Waals surface area contributed by atoms with Crippen LogP contribution in [0.5, 0.6) is 5.75 Å². The number of rotatable bonds is 12. The van der Waals surface area contributed by atoms with Gasteiger partial charge < -0.3 is 29.9 Å². The molecule has 2 aromatic heterocycles. The molecular formula is C38H45F4N7O4. The third-order valence-electron chi connectivity index (χ3n) is 9.63. The van der Waals surface area contributed by atoms with Crippen LogP contribution in [0.25, 0.3) is 16.9 Å². The summed E-state index contributed by atoms with van der Waals surface area (Å²) in [5.74, 6) is -2.56. The third-order valence-corrected chi connectivity index (χ3v) is 9.63. The Balaban J connectivity index is 0.996. The number of nitrogens with one attached hydrogen (secondary N) is 2. The number of ether oxygens (including phenoxy) is 2. The minimum atomic E-state index is -3.30. The molecule has 6 rings (SSSR count). The van der Waals surface area contributed by atoms with Crippen LogP contribution in [0.2, 0.25) is 0 Å². The predicted molar refractivity (Wildman–Crippen MR) is 191 cm³/mol. The van der Waals surface area contributed by atoms with Crippen LogP contribution in [0.4, 0.5) is 33.9 Å². The molecule has 4 heterocycles. The Morgan fingerprint density at radius 2 is 1.77 bits per heavy atom. The lowest BCUT2D eigenvalue weighted by Crippen LogP contribution is -2.55. The zero-order valence-electron chi connectivity index (χ0n) is 30.3. The molecule has 0 saturated carbocycles. The normalized spacial score (nSPS) is 15.8. The molecule has 2 aliphatic heterocycles. The van der Waals surface area contributed by atoms with Crippen LogP contribution in [-0.4, -0.2) is 87.6 Å². The van der Waals surface area contributed by atoms with Gasteiger partial charge in [-0.25, -0.2) is 19.2 Å². The molecule has 0 spiro atoms. The number of amides is 2. The summed E-state index contributed by atoms with van der Waals surface area (Å²) in [5, 5.41) is 6.31. The Morgan fingerprint density at radius 1 is 1.02 bits per heavy atom. The number of aromatic nitrogens is 3. The van der Waals surface area contributed by atoms with Crippen LogP contribution >= 0.6 is 0 Å². The van der Waals surface area contributed by atoms with E-state index in [1.165, 1.54) is 23.0 Å². The first kappa shape index (κ1) is 37.8. The summed E-state index contributed by atoms with van der Waals surface area (Å²) in [6, 6.07) is 7.48. The maximum Gasteiger partial charge on any atom is 0.410 e. The summed E-state index contributed by atoms with van der Waals surface area (Å²) in [6.45, 7) is 9.38. The number of benzene rings is 2. The highest BCUT2D eigenvalue weighted by atomic mass is 19.3. The number of halogens is 4. The molecule has 0 aliphatic carbocycles. The molecule has 4 aromatic rings. The largest absolute Gasteiger partial charge is 0.444 e. The highest BCUT2D eigenvalue weighted by Crippen LogP contribution is 2.33. The van der Waals surface area contributed by atoms with Gasteiger partial charge in [-0.2, -0.15) is 13.2 Å². The second kappa shape index (κ2) is 16.0. The number of piperidine rings is 1. The average molecular weight is 740 g/mol. The highest BCUT2D eigenvalue weighted by Gasteiger charge is 2.35. The second-order valence-electron chi connectivity index (χ2n) is 14.6. The fourth-order valence-corrected chi connectivity index (χ4v) is 6.91. The molecule has 284 valence electrons. The van der Waals surface area contributed by atoms with Gasteiger partial charge in [-0.3, -0.25) is 9.20 Å². The Hall–Kier alpha value is -4.92. The monoisotopic (exact) mass is 739 g/mol. The van der Waals surface area contributed by atoms with Crippen LogP contribution in [0, 0.1) is 23.5 Å². The van der Waals surface area contributed by atoms with E-state index in [1.807, 2.05) is 33.8 Å². The van der Waals surface area contributed by atoms with Crippen molar-refractivity contribution in [1.29, 1.82) is 0 Å². The van der Waals surface area contributed by atoms with Gasteiger partial charge in [-0.15, -0.1) is 0 Å². The molecule has 15 heteroatoms. The van der Waals surface area contributed by atoms with E-state index in [9.17, 15) is 27.2 Å². The molecular weight excluding hydrogens is 694 g/mol. The summed E-state index contributed by atoms with van der Waals surface area (Å²) in [4.78, 5) is 38.4. The number of anilines is 2. The number of fused-ring (bicyclic) bond motifs is 1. The van der Waals surface area contributed by atoms with Crippen molar-refractivity contribution in [2.24, 2.45) is 11.8 Å². The number of imidazole rings is 1. The molecule has 2 N–H and O–H groups in total. The number of carbonyl (C=O) groups excluding carboxylic acids is 2. The van der Waals surface area contributed by atoms with Crippen LogP contribution < -0.4 is 15.4 Å². The fraction of sp³-hybridized carbons (Fsp3) is 0.474. The quantitative estimate of drug-likeness (QED) is 0.146. The first-order chi connectivity index (χ1) is 25.3. The van der Waals surface area contributed by atoms with E-state index in [2.05, 4.69) is 30.2 Å². The van der Waals surface area contributed by atoms with Crippen molar-refractivity contribution in [3.63, 3.8) is 0 Å². The first-order valence-electron chi connectivity index (χ1n) is 17.9. The average Bonchev–Trinajstić information content (AvgIpc) is 3.53. The minimum absolute atomic E-state index is 0.136. The molecule has 2 fully saturated rings. The van der Waals surface area contributed by atoms with E-state index >= 15 is 0 Å². The Kier molecular flexibility index (Phi) is 11.4. The van der Waals surface area contributed by atoms with Gasteiger partial charge in [-0.1, -0.05) is 6.92 Å². The van der Waals surface area contributed by atoms with E-state index in [-0.39, 0.29) is 23.3 Å². The van der Waals surface area contributed by atoms with Crippen molar-refractivity contribution in [3.8, 4) is 17.0 Å². The zero-order chi connectivity index (χ0) is 37.9. The summed E-state index contributed by atoms with van der Waals surface area (Å²) in [6.07, 6.45) is 7.75. The van der Waals surface area contributed by atoms with Crippen LogP contribution in [0.15, 0.2) is 48.9 Å². The zero-order valence-corrected chi connectivity index (χ0v) is 30.3. The van der Waals surface area contributed by atoms with Crippen LogP contribution in [-0.2, 0) is 11.2 Å². The smallest absolute Gasteiger partial charge is 0.410 e. The van der Waals surface area contributed by atoms with Gasteiger partial charge in [-0.05, 0) is 101 Å². The molecule has 2 aliphatic rings. The lowest BCUT2D eigenvalue weighted by atomic mass is 9.92. The maximum atomic E-state index is 14.9. The van der Waals surface area contributed by atoms with Gasteiger partial charge >= 0.3 is 12.7 Å². The second-order valence-corrected chi connectivity index (χ2v) is 14.6. The lowest BCUT2D eigenvalue weighted by molar-refractivity contribution is -0.0525. The number of likely N-dealkylation sites (tertiary alicyclic amines) is 2. The number of hydrogen-bond donors (Lipinski definition) is 2. The summed E-state index contributed by atoms with van der Waals surface area (Å²) in [5.41, 5.74) is 1.89. The number of hydrogen-bond acceptors (Lipinski definition) is 8. The molecule has 0 radical (unpaired) electrons. The summed E-state index contributed by atoms with van der Waals surface area (Å²) in [7, 11) is 0. The number of aryl methyl sites for hydroxylation is 1. The van der Waals surface area contributed by atoms with E-state index in [0.717, 1.165) is 69.7 Å². The predicted octanol–water partition coefficient (Wildman–Crippen LogP) is 7.28. The molecule has 2 amide bonds. The van der Waals surface area contributed by atoms with Gasteiger partial charge in [0.25, 0.3) is 5.91 Å². The molecule has 0 bridgehead atoms. The number of carbonyl (C=O) groups is 2. The van der Waals surface area contributed by atoms with Crippen molar-refractivity contribution >= 4 is 29.2 Å². The van der Waals surface area contributed by atoms with E-state index in [0.29, 0.717) is 47.5 Å². The van der Waals surface area contributed by atoms with E-state index < -0.39 is 29.6 Å². The SMILES string of the molecule is CCc1cc(Nc2nccn3c(-c4ccc(OC(F)F)c(F)c4F)cnc23)ccc1C(=O)NCCC1CCN(CC2CN(C(=O)OC(C)(C)C)C2)CC1. The van der Waals surface area contributed by atoms with E-state index in [4.69, 9.17) is 4.74 Å². The van der Waals surface area contributed by atoms with Crippen LogP contribution in [0.1, 0.15) is 62.9 Å². The lowest BCUT2D eigenvalue weighted by Gasteiger charge is -2.43. The third kappa shape index (κ3) is 9.00.